The molecule has 2 fully saturated rings. The Balaban J connectivity index is 1.40. The van der Waals surface area contributed by atoms with Crippen LogP contribution in [0.1, 0.15) is 46.6 Å². The van der Waals surface area contributed by atoms with Crippen molar-refractivity contribution >= 4 is 23.3 Å². The summed E-state index contributed by atoms with van der Waals surface area (Å²) >= 11 is 1.17. The molecule has 0 radical (unpaired) electrons. The highest BCUT2D eigenvalue weighted by molar-refractivity contribution is 7.07. The van der Waals surface area contributed by atoms with Crippen LogP contribution in [0.5, 0.6) is 0 Å². The summed E-state index contributed by atoms with van der Waals surface area (Å²) in [5, 5.41) is 3.95. The monoisotopic (exact) mass is 385 g/mol. The van der Waals surface area contributed by atoms with Gasteiger partial charge in [-0.3, -0.25) is 14.6 Å². The Labute approximate surface area is 162 Å². The first kappa shape index (κ1) is 18.0. The number of hydrogen-bond donors (Lipinski definition) is 0. The summed E-state index contributed by atoms with van der Waals surface area (Å²) in [6, 6.07) is 3.92. The lowest BCUT2D eigenvalue weighted by atomic mass is 9.72. The molecule has 8 heteroatoms. The predicted molar refractivity (Wildman–Crippen MR) is 101 cm³/mol. The van der Waals surface area contributed by atoms with Crippen LogP contribution in [-0.4, -0.2) is 55.8 Å². The Hall–Kier alpha value is -2.35. The average Bonchev–Trinajstić information content (AvgIpc) is 3.12. The van der Waals surface area contributed by atoms with Crippen molar-refractivity contribution < 1.29 is 9.59 Å². The first-order valence-corrected chi connectivity index (χ1v) is 10.1. The minimum atomic E-state index is 0.0397. The van der Waals surface area contributed by atoms with E-state index in [0.29, 0.717) is 23.5 Å². The average molecular weight is 385 g/mol. The van der Waals surface area contributed by atoms with Crippen molar-refractivity contribution in [2.75, 3.05) is 19.6 Å². The van der Waals surface area contributed by atoms with E-state index in [1.54, 1.807) is 12.4 Å². The lowest BCUT2D eigenvalue weighted by Crippen LogP contribution is -2.52. The summed E-state index contributed by atoms with van der Waals surface area (Å²) in [4.78, 5) is 33.7. The van der Waals surface area contributed by atoms with Crippen LogP contribution in [-0.2, 0) is 11.3 Å². The molecule has 2 saturated heterocycles. The number of nitrogens with zero attached hydrogens (tertiary/aromatic N) is 5. The normalized spacial score (nSPS) is 19.5. The van der Waals surface area contributed by atoms with Gasteiger partial charge in [0.2, 0.25) is 5.91 Å². The first-order valence-electron chi connectivity index (χ1n) is 9.31. The topological polar surface area (TPSA) is 79.3 Å². The number of carbonyl (C=O) groups is 2. The number of amides is 2. The molecule has 1 spiro atoms. The zero-order valence-corrected chi connectivity index (χ0v) is 16.2. The molecule has 2 amide bonds. The molecule has 7 nitrogen and oxygen atoms in total. The van der Waals surface area contributed by atoms with Gasteiger partial charge in [-0.2, -0.15) is 0 Å². The van der Waals surface area contributed by atoms with Gasteiger partial charge in [0.1, 0.15) is 4.88 Å². The van der Waals surface area contributed by atoms with E-state index >= 15 is 0 Å². The van der Waals surface area contributed by atoms with Gasteiger partial charge in [0.05, 0.1) is 5.69 Å². The molecule has 4 rings (SSSR count). The van der Waals surface area contributed by atoms with Gasteiger partial charge in [-0.1, -0.05) is 4.49 Å². The van der Waals surface area contributed by atoms with Crippen LogP contribution in [0.4, 0.5) is 0 Å². The summed E-state index contributed by atoms with van der Waals surface area (Å²) in [6.07, 6.45) is 6.91. The molecule has 0 bridgehead atoms. The molecule has 27 heavy (non-hydrogen) atoms. The van der Waals surface area contributed by atoms with Gasteiger partial charge in [0.15, 0.2) is 0 Å². The fraction of sp³-hybridized carbons (Fsp3) is 0.526. The number of carbonyl (C=O) groups excluding carboxylic acids is 2. The van der Waals surface area contributed by atoms with E-state index < -0.39 is 0 Å². The fourth-order valence-electron chi connectivity index (χ4n) is 4.12. The van der Waals surface area contributed by atoms with Crippen LogP contribution >= 0.6 is 11.5 Å². The minimum Gasteiger partial charge on any atom is -0.338 e. The number of rotatable bonds is 3. The summed E-state index contributed by atoms with van der Waals surface area (Å²) in [7, 11) is 0. The number of piperidine rings is 2. The molecule has 2 aliphatic rings. The van der Waals surface area contributed by atoms with E-state index in [-0.39, 0.29) is 17.2 Å². The van der Waals surface area contributed by atoms with Gasteiger partial charge in [0.25, 0.3) is 5.91 Å². The van der Waals surface area contributed by atoms with Crippen LogP contribution in [0.3, 0.4) is 0 Å². The zero-order valence-electron chi connectivity index (χ0n) is 15.4. The van der Waals surface area contributed by atoms with Gasteiger partial charge < -0.3 is 9.80 Å². The summed E-state index contributed by atoms with van der Waals surface area (Å²) in [6.45, 7) is 4.70. The van der Waals surface area contributed by atoms with Gasteiger partial charge >= 0.3 is 0 Å². The quantitative estimate of drug-likeness (QED) is 0.810. The standard InChI is InChI=1S/C19H23N5O2S/c1-14-17(27-22-21-14)18(26)23-10-6-19(7-11-23)5-2-16(25)24(13-19)12-15-3-8-20-9-4-15/h3-4,8-9H,2,5-7,10-13H2,1H3. The maximum absolute atomic E-state index is 12.7. The Kier molecular flexibility index (Phi) is 4.90. The maximum atomic E-state index is 12.7. The van der Waals surface area contributed by atoms with Crippen molar-refractivity contribution in [2.24, 2.45) is 5.41 Å². The second-order valence-electron chi connectivity index (χ2n) is 7.58. The maximum Gasteiger partial charge on any atom is 0.267 e. The SMILES string of the molecule is Cc1nnsc1C(=O)N1CCC2(CCC(=O)N(Cc3ccncc3)C2)CC1. The van der Waals surface area contributed by atoms with Crippen molar-refractivity contribution in [3.8, 4) is 0 Å². The summed E-state index contributed by atoms with van der Waals surface area (Å²) in [5.41, 5.74) is 1.94. The van der Waals surface area contributed by atoms with E-state index in [4.69, 9.17) is 0 Å². The molecule has 0 unspecified atom stereocenters. The van der Waals surface area contributed by atoms with Crippen molar-refractivity contribution in [1.29, 1.82) is 0 Å². The van der Waals surface area contributed by atoms with Crippen molar-refractivity contribution in [2.45, 2.75) is 39.2 Å². The molecule has 2 aliphatic heterocycles. The lowest BCUT2D eigenvalue weighted by Gasteiger charge is -2.47. The number of likely N-dealkylation sites (tertiary alicyclic amines) is 2. The molecule has 0 atom stereocenters. The molecule has 0 aromatic carbocycles. The molecule has 2 aromatic heterocycles. The van der Waals surface area contributed by atoms with Crippen molar-refractivity contribution in [3.63, 3.8) is 0 Å². The summed E-state index contributed by atoms with van der Waals surface area (Å²) < 4.78 is 3.87. The summed E-state index contributed by atoms with van der Waals surface area (Å²) in [5.74, 6) is 0.264. The number of hydrogen-bond acceptors (Lipinski definition) is 6. The van der Waals surface area contributed by atoms with Gasteiger partial charge in [-0.15, -0.1) is 5.10 Å². The molecular formula is C19H23N5O2S. The highest BCUT2D eigenvalue weighted by atomic mass is 32.1. The van der Waals surface area contributed by atoms with E-state index in [1.807, 2.05) is 28.9 Å². The predicted octanol–water partition coefficient (Wildman–Crippen LogP) is 2.29. The minimum absolute atomic E-state index is 0.0397. The Morgan fingerprint density at radius 1 is 1.22 bits per heavy atom. The molecule has 2 aromatic rings. The number of aryl methyl sites for hydroxylation is 1. The largest absolute Gasteiger partial charge is 0.338 e. The van der Waals surface area contributed by atoms with Crippen molar-refractivity contribution in [1.82, 2.24) is 24.4 Å². The van der Waals surface area contributed by atoms with Crippen molar-refractivity contribution in [3.05, 3.63) is 40.7 Å². The van der Waals surface area contributed by atoms with E-state index in [1.165, 1.54) is 11.5 Å². The van der Waals surface area contributed by atoms with Gasteiger partial charge in [-0.05, 0) is 60.8 Å². The Morgan fingerprint density at radius 3 is 2.63 bits per heavy atom. The van der Waals surface area contributed by atoms with E-state index in [0.717, 1.165) is 44.5 Å². The van der Waals surface area contributed by atoms with E-state index in [9.17, 15) is 9.59 Å². The zero-order chi connectivity index (χ0) is 18.9. The third kappa shape index (κ3) is 3.71. The first-order chi connectivity index (χ1) is 13.1. The highest BCUT2D eigenvalue weighted by Gasteiger charge is 2.42. The highest BCUT2D eigenvalue weighted by Crippen LogP contribution is 2.41. The smallest absolute Gasteiger partial charge is 0.267 e. The third-order valence-electron chi connectivity index (χ3n) is 5.83. The Morgan fingerprint density at radius 2 is 1.96 bits per heavy atom. The second-order valence-corrected chi connectivity index (χ2v) is 8.34. The molecular weight excluding hydrogens is 362 g/mol. The van der Waals surface area contributed by atoms with Crippen LogP contribution in [0.2, 0.25) is 0 Å². The molecule has 4 heterocycles. The molecule has 142 valence electrons. The van der Waals surface area contributed by atoms with Crippen LogP contribution in [0.25, 0.3) is 0 Å². The van der Waals surface area contributed by atoms with Gasteiger partial charge in [0, 0.05) is 45.0 Å². The van der Waals surface area contributed by atoms with E-state index in [2.05, 4.69) is 14.6 Å². The van der Waals surface area contributed by atoms with Crippen LogP contribution in [0.15, 0.2) is 24.5 Å². The molecule has 0 N–H and O–H groups in total. The second kappa shape index (κ2) is 7.34. The third-order valence-corrected chi connectivity index (χ3v) is 6.64. The molecule has 0 aliphatic carbocycles. The lowest BCUT2D eigenvalue weighted by molar-refractivity contribution is -0.139. The Bertz CT molecular complexity index is 830. The number of aromatic nitrogens is 3. The fourth-order valence-corrected chi connectivity index (χ4v) is 4.74. The van der Waals surface area contributed by atoms with Crippen LogP contribution in [0, 0.1) is 12.3 Å². The van der Waals surface area contributed by atoms with Gasteiger partial charge in [-0.25, -0.2) is 0 Å². The molecule has 0 saturated carbocycles. The van der Waals surface area contributed by atoms with Crippen LogP contribution < -0.4 is 0 Å². The number of pyridine rings is 1.